The summed E-state index contributed by atoms with van der Waals surface area (Å²) in [6.07, 6.45) is 1.24. The number of hydrogen-bond donors (Lipinski definition) is 1. The molecule has 1 saturated heterocycles. The molecule has 2 aromatic rings. The third kappa shape index (κ3) is 3.45. The summed E-state index contributed by atoms with van der Waals surface area (Å²) in [5, 5.41) is 10.5. The molecule has 1 amide bonds. The lowest BCUT2D eigenvalue weighted by molar-refractivity contribution is 0.0462. The Bertz CT molecular complexity index is 660. The molecule has 0 bridgehead atoms. The minimum atomic E-state index is -0.438. The van der Waals surface area contributed by atoms with Crippen LogP contribution in [-0.2, 0) is 0 Å². The van der Waals surface area contributed by atoms with Crippen LogP contribution in [0.25, 0.3) is 0 Å². The number of nitrogens with zero attached hydrogens (tertiary/aromatic N) is 1. The number of hydrogen-bond acceptors (Lipinski definition) is 2. The first-order valence-electron chi connectivity index (χ1n) is 8.24. The number of carbonyl (C=O) groups excluding carboxylic acids is 1. The van der Waals surface area contributed by atoms with E-state index in [1.807, 2.05) is 66.4 Å². The molecule has 3 nitrogen and oxygen atoms in total. The van der Waals surface area contributed by atoms with Crippen LogP contribution >= 0.6 is 0 Å². The number of likely N-dealkylation sites (tertiary alicyclic amines) is 1. The Kier molecular flexibility index (Phi) is 4.77. The molecule has 1 fully saturated rings. The van der Waals surface area contributed by atoms with Gasteiger partial charge in [0.1, 0.15) is 0 Å². The Labute approximate surface area is 137 Å². The molecule has 1 heterocycles. The standard InChI is InChI=1S/C20H23NO2/c1-15-7-5-6-10-18(15)20(23)21-13-11-17(12-14-21)19(22)16-8-3-2-4-9-16/h2-10,17,19,22H,11-14H2,1H3. The average molecular weight is 309 g/mol. The topological polar surface area (TPSA) is 40.5 Å². The van der Waals surface area contributed by atoms with Crippen LogP contribution in [0.2, 0.25) is 0 Å². The molecular formula is C20H23NO2. The molecule has 0 spiro atoms. The molecule has 0 aliphatic carbocycles. The lowest BCUT2D eigenvalue weighted by atomic mass is 9.87. The van der Waals surface area contributed by atoms with Crippen molar-refractivity contribution in [1.82, 2.24) is 4.90 Å². The highest BCUT2D eigenvalue weighted by molar-refractivity contribution is 5.95. The molecule has 1 aliphatic rings. The van der Waals surface area contributed by atoms with E-state index in [9.17, 15) is 9.90 Å². The van der Waals surface area contributed by atoms with Crippen molar-refractivity contribution in [1.29, 1.82) is 0 Å². The summed E-state index contributed by atoms with van der Waals surface area (Å²) < 4.78 is 0. The van der Waals surface area contributed by atoms with Crippen molar-refractivity contribution < 1.29 is 9.90 Å². The molecule has 0 radical (unpaired) electrons. The molecule has 1 unspecified atom stereocenters. The number of aliphatic hydroxyl groups is 1. The van der Waals surface area contributed by atoms with Crippen molar-refractivity contribution in [2.75, 3.05) is 13.1 Å². The van der Waals surface area contributed by atoms with Gasteiger partial charge in [0, 0.05) is 18.7 Å². The predicted molar refractivity (Wildman–Crippen MR) is 91.2 cm³/mol. The minimum Gasteiger partial charge on any atom is -0.388 e. The zero-order valence-corrected chi connectivity index (χ0v) is 13.5. The molecule has 3 rings (SSSR count). The minimum absolute atomic E-state index is 0.107. The summed E-state index contributed by atoms with van der Waals surface area (Å²) >= 11 is 0. The van der Waals surface area contributed by atoms with Crippen LogP contribution in [0.3, 0.4) is 0 Å². The maximum absolute atomic E-state index is 12.6. The van der Waals surface area contributed by atoms with Crippen LogP contribution in [0.5, 0.6) is 0 Å². The number of amides is 1. The van der Waals surface area contributed by atoms with E-state index >= 15 is 0 Å². The average Bonchev–Trinajstić information content (AvgIpc) is 2.62. The summed E-state index contributed by atoms with van der Waals surface area (Å²) in [6.45, 7) is 3.39. The Morgan fingerprint density at radius 2 is 1.65 bits per heavy atom. The quantitative estimate of drug-likeness (QED) is 0.941. The molecule has 0 aromatic heterocycles. The number of piperidine rings is 1. The van der Waals surface area contributed by atoms with Crippen LogP contribution in [-0.4, -0.2) is 29.0 Å². The molecule has 3 heteroatoms. The fourth-order valence-electron chi connectivity index (χ4n) is 3.32. The predicted octanol–water partition coefficient (Wildman–Crippen LogP) is 3.58. The number of aliphatic hydroxyl groups excluding tert-OH is 1. The van der Waals surface area contributed by atoms with Gasteiger partial charge in [-0.05, 0) is 42.9 Å². The van der Waals surface area contributed by atoms with Crippen molar-refractivity contribution in [2.24, 2.45) is 5.92 Å². The molecule has 2 aromatic carbocycles. The molecule has 1 aliphatic heterocycles. The summed E-state index contributed by atoms with van der Waals surface area (Å²) in [5.41, 5.74) is 2.77. The molecule has 1 atom stereocenters. The fourth-order valence-corrected chi connectivity index (χ4v) is 3.32. The number of carbonyl (C=O) groups is 1. The number of aryl methyl sites for hydroxylation is 1. The molecule has 120 valence electrons. The van der Waals surface area contributed by atoms with Crippen molar-refractivity contribution in [2.45, 2.75) is 25.9 Å². The van der Waals surface area contributed by atoms with Gasteiger partial charge in [-0.15, -0.1) is 0 Å². The highest BCUT2D eigenvalue weighted by atomic mass is 16.3. The van der Waals surface area contributed by atoms with Crippen molar-refractivity contribution in [3.8, 4) is 0 Å². The second-order valence-corrected chi connectivity index (χ2v) is 6.30. The van der Waals surface area contributed by atoms with Gasteiger partial charge in [-0.1, -0.05) is 48.5 Å². The van der Waals surface area contributed by atoms with E-state index in [1.54, 1.807) is 0 Å². The molecule has 0 saturated carbocycles. The first kappa shape index (κ1) is 15.8. The van der Waals surface area contributed by atoms with Gasteiger partial charge in [0.2, 0.25) is 0 Å². The summed E-state index contributed by atoms with van der Waals surface area (Å²) in [4.78, 5) is 14.5. The lowest BCUT2D eigenvalue weighted by Gasteiger charge is -2.34. The van der Waals surface area contributed by atoms with E-state index in [0.717, 1.165) is 29.5 Å². The van der Waals surface area contributed by atoms with Gasteiger partial charge in [0.15, 0.2) is 0 Å². The first-order chi connectivity index (χ1) is 11.2. The smallest absolute Gasteiger partial charge is 0.254 e. The first-order valence-corrected chi connectivity index (χ1v) is 8.24. The van der Waals surface area contributed by atoms with Crippen molar-refractivity contribution >= 4 is 5.91 Å². The maximum atomic E-state index is 12.6. The summed E-state index contributed by atoms with van der Waals surface area (Å²) in [6, 6.07) is 17.5. The molecular weight excluding hydrogens is 286 g/mol. The van der Waals surface area contributed by atoms with E-state index in [1.165, 1.54) is 0 Å². The van der Waals surface area contributed by atoms with Gasteiger partial charge < -0.3 is 10.0 Å². The van der Waals surface area contributed by atoms with Gasteiger partial charge in [-0.3, -0.25) is 4.79 Å². The van der Waals surface area contributed by atoms with Gasteiger partial charge in [-0.2, -0.15) is 0 Å². The highest BCUT2D eigenvalue weighted by Gasteiger charge is 2.28. The third-order valence-electron chi connectivity index (χ3n) is 4.79. The second-order valence-electron chi connectivity index (χ2n) is 6.30. The van der Waals surface area contributed by atoms with Gasteiger partial charge in [-0.25, -0.2) is 0 Å². The second kappa shape index (κ2) is 6.97. The Morgan fingerprint density at radius 1 is 1.04 bits per heavy atom. The number of rotatable bonds is 3. The fraction of sp³-hybridized carbons (Fsp3) is 0.350. The maximum Gasteiger partial charge on any atom is 0.254 e. The SMILES string of the molecule is Cc1ccccc1C(=O)N1CCC(C(O)c2ccccc2)CC1. The zero-order chi connectivity index (χ0) is 16.2. The van der Waals surface area contributed by atoms with Gasteiger partial charge >= 0.3 is 0 Å². The summed E-state index contributed by atoms with van der Waals surface area (Å²) in [5.74, 6) is 0.328. The monoisotopic (exact) mass is 309 g/mol. The molecule has 1 N–H and O–H groups in total. The Hall–Kier alpha value is -2.13. The van der Waals surface area contributed by atoms with E-state index < -0.39 is 6.10 Å². The van der Waals surface area contributed by atoms with Crippen LogP contribution in [0.15, 0.2) is 54.6 Å². The lowest BCUT2D eigenvalue weighted by Crippen LogP contribution is -2.40. The van der Waals surface area contributed by atoms with E-state index in [-0.39, 0.29) is 11.8 Å². The largest absolute Gasteiger partial charge is 0.388 e. The van der Waals surface area contributed by atoms with Gasteiger partial charge in [0.25, 0.3) is 5.91 Å². The van der Waals surface area contributed by atoms with Crippen LogP contribution in [0, 0.1) is 12.8 Å². The van der Waals surface area contributed by atoms with Crippen molar-refractivity contribution in [3.05, 3.63) is 71.3 Å². The highest BCUT2D eigenvalue weighted by Crippen LogP contribution is 2.31. The Balaban J connectivity index is 1.62. The Morgan fingerprint density at radius 3 is 2.30 bits per heavy atom. The van der Waals surface area contributed by atoms with E-state index in [0.29, 0.717) is 13.1 Å². The molecule has 23 heavy (non-hydrogen) atoms. The van der Waals surface area contributed by atoms with E-state index in [4.69, 9.17) is 0 Å². The normalized spacial score (nSPS) is 17.0. The van der Waals surface area contributed by atoms with Gasteiger partial charge in [0.05, 0.1) is 6.10 Å². The third-order valence-corrected chi connectivity index (χ3v) is 4.79. The number of benzene rings is 2. The van der Waals surface area contributed by atoms with E-state index in [2.05, 4.69) is 0 Å². The van der Waals surface area contributed by atoms with Crippen LogP contribution < -0.4 is 0 Å². The summed E-state index contributed by atoms with van der Waals surface area (Å²) in [7, 11) is 0. The van der Waals surface area contributed by atoms with Crippen LogP contribution in [0.4, 0.5) is 0 Å². The zero-order valence-electron chi connectivity index (χ0n) is 13.5. The van der Waals surface area contributed by atoms with Crippen molar-refractivity contribution in [3.63, 3.8) is 0 Å². The van der Waals surface area contributed by atoms with Crippen LogP contribution in [0.1, 0.15) is 40.4 Å².